The van der Waals surface area contributed by atoms with Crippen LogP contribution in [0, 0.1) is 0 Å². The summed E-state index contributed by atoms with van der Waals surface area (Å²) in [7, 11) is -3.71. The number of anilines is 1. The van der Waals surface area contributed by atoms with Gasteiger partial charge in [0.25, 0.3) is 5.91 Å². The molecule has 0 fully saturated rings. The lowest BCUT2D eigenvalue weighted by molar-refractivity contribution is -0.126. The topological polar surface area (TPSA) is 84.0 Å². The molecule has 8 heteroatoms. The standard InChI is InChI=1S/C22H28N2O5S/c1-5-23(6-2)30(27,28)20-15-11-12-18(16-20)22(26)29-17(4)21(25)24(7-3)19-13-9-8-10-14-19/h8-17H,5-7H2,1-4H3/t17-/m0/s1. The third-order valence-corrected chi connectivity index (χ3v) is 6.74. The summed E-state index contributed by atoms with van der Waals surface area (Å²) < 4.78 is 32.0. The molecule has 2 aromatic rings. The van der Waals surface area contributed by atoms with Crippen molar-refractivity contribution < 1.29 is 22.7 Å². The molecule has 0 bridgehead atoms. The molecule has 0 aromatic heterocycles. The maximum Gasteiger partial charge on any atom is 0.338 e. The maximum atomic E-state index is 12.8. The molecule has 0 aliphatic heterocycles. The van der Waals surface area contributed by atoms with Crippen molar-refractivity contribution in [3.8, 4) is 0 Å². The zero-order valence-corrected chi connectivity index (χ0v) is 18.6. The summed E-state index contributed by atoms with van der Waals surface area (Å²) in [5.74, 6) is -1.11. The fourth-order valence-corrected chi connectivity index (χ4v) is 4.57. The van der Waals surface area contributed by atoms with E-state index in [9.17, 15) is 18.0 Å². The van der Waals surface area contributed by atoms with E-state index in [4.69, 9.17) is 4.74 Å². The number of nitrogens with zero attached hydrogens (tertiary/aromatic N) is 2. The van der Waals surface area contributed by atoms with Gasteiger partial charge in [-0.3, -0.25) is 4.79 Å². The molecule has 0 saturated heterocycles. The van der Waals surface area contributed by atoms with Crippen LogP contribution in [0.4, 0.5) is 5.69 Å². The third kappa shape index (κ3) is 5.25. The van der Waals surface area contributed by atoms with Crippen molar-refractivity contribution in [3.63, 3.8) is 0 Å². The maximum absolute atomic E-state index is 12.8. The van der Waals surface area contributed by atoms with Gasteiger partial charge in [-0.15, -0.1) is 0 Å². The predicted octanol–water partition coefficient (Wildman–Crippen LogP) is 3.32. The monoisotopic (exact) mass is 432 g/mol. The quantitative estimate of drug-likeness (QED) is 0.568. The number of hydrogen-bond donors (Lipinski definition) is 0. The van der Waals surface area contributed by atoms with Crippen molar-refractivity contribution >= 4 is 27.6 Å². The number of para-hydroxylation sites is 1. The Morgan fingerprint density at radius 2 is 1.57 bits per heavy atom. The molecule has 0 aliphatic carbocycles. The molecule has 0 N–H and O–H groups in total. The summed E-state index contributed by atoms with van der Waals surface area (Å²) in [6, 6.07) is 14.8. The minimum atomic E-state index is -3.71. The highest BCUT2D eigenvalue weighted by Gasteiger charge is 2.26. The molecular weight excluding hydrogens is 404 g/mol. The van der Waals surface area contributed by atoms with E-state index in [2.05, 4.69) is 0 Å². The molecule has 7 nitrogen and oxygen atoms in total. The van der Waals surface area contributed by atoms with Crippen LogP contribution in [0.1, 0.15) is 38.1 Å². The SMILES string of the molecule is CCN(C(=O)[C@H](C)OC(=O)c1cccc(S(=O)(=O)N(CC)CC)c1)c1ccccc1. The van der Waals surface area contributed by atoms with E-state index in [-0.39, 0.29) is 16.4 Å². The van der Waals surface area contributed by atoms with Crippen LogP contribution in [0.25, 0.3) is 0 Å². The minimum Gasteiger partial charge on any atom is -0.449 e. The van der Waals surface area contributed by atoms with E-state index in [0.29, 0.717) is 25.3 Å². The molecule has 1 amide bonds. The van der Waals surface area contributed by atoms with Gasteiger partial charge < -0.3 is 9.64 Å². The van der Waals surface area contributed by atoms with Crippen molar-refractivity contribution in [2.24, 2.45) is 0 Å². The summed E-state index contributed by atoms with van der Waals surface area (Å²) in [4.78, 5) is 26.9. The van der Waals surface area contributed by atoms with E-state index in [1.165, 1.54) is 40.4 Å². The largest absolute Gasteiger partial charge is 0.449 e. The zero-order valence-electron chi connectivity index (χ0n) is 17.7. The molecule has 162 valence electrons. The van der Waals surface area contributed by atoms with Gasteiger partial charge in [-0.05, 0) is 44.2 Å². The van der Waals surface area contributed by atoms with Crippen LogP contribution in [0.3, 0.4) is 0 Å². The van der Waals surface area contributed by atoms with Gasteiger partial charge in [-0.2, -0.15) is 4.31 Å². The number of amides is 1. The Labute approximate surface area is 178 Å². The van der Waals surface area contributed by atoms with E-state index in [0.717, 1.165) is 0 Å². The van der Waals surface area contributed by atoms with Crippen molar-refractivity contribution in [2.75, 3.05) is 24.5 Å². The summed E-state index contributed by atoms with van der Waals surface area (Å²) in [6.45, 7) is 7.90. The van der Waals surface area contributed by atoms with Crippen molar-refractivity contribution in [1.82, 2.24) is 4.31 Å². The molecule has 2 rings (SSSR count). The molecule has 1 atom stereocenters. The Balaban J connectivity index is 2.19. The number of carbonyl (C=O) groups excluding carboxylic acids is 2. The Kier molecular flexibility index (Phi) is 8.14. The van der Waals surface area contributed by atoms with Gasteiger partial charge in [-0.25, -0.2) is 13.2 Å². The molecule has 0 radical (unpaired) electrons. The first-order valence-corrected chi connectivity index (χ1v) is 11.4. The number of likely N-dealkylation sites (N-methyl/N-ethyl adjacent to an activating group) is 1. The fraction of sp³-hybridized carbons (Fsp3) is 0.364. The van der Waals surface area contributed by atoms with Crippen molar-refractivity contribution in [1.29, 1.82) is 0 Å². The third-order valence-electron chi connectivity index (χ3n) is 4.69. The summed E-state index contributed by atoms with van der Waals surface area (Å²) in [5, 5.41) is 0. The van der Waals surface area contributed by atoms with Gasteiger partial charge in [0.05, 0.1) is 10.5 Å². The summed E-state index contributed by atoms with van der Waals surface area (Å²) in [5.41, 5.74) is 0.783. The smallest absolute Gasteiger partial charge is 0.338 e. The van der Waals surface area contributed by atoms with Gasteiger partial charge in [-0.1, -0.05) is 38.1 Å². The first-order chi connectivity index (χ1) is 14.3. The predicted molar refractivity (Wildman–Crippen MR) is 116 cm³/mol. The van der Waals surface area contributed by atoms with E-state index in [1.54, 1.807) is 26.0 Å². The Morgan fingerprint density at radius 1 is 0.933 bits per heavy atom. The number of carbonyl (C=O) groups is 2. The molecule has 0 heterocycles. The minimum absolute atomic E-state index is 0.0131. The van der Waals surface area contributed by atoms with Gasteiger partial charge in [0.2, 0.25) is 10.0 Å². The second-order valence-corrected chi connectivity index (χ2v) is 8.52. The lowest BCUT2D eigenvalue weighted by atomic mass is 10.2. The molecule has 0 saturated carbocycles. The van der Waals surface area contributed by atoms with Gasteiger partial charge in [0.15, 0.2) is 6.10 Å². The van der Waals surface area contributed by atoms with Crippen LogP contribution in [-0.2, 0) is 19.6 Å². The van der Waals surface area contributed by atoms with Crippen molar-refractivity contribution in [2.45, 2.75) is 38.7 Å². The molecule has 2 aromatic carbocycles. The Morgan fingerprint density at radius 3 is 2.13 bits per heavy atom. The van der Waals surface area contributed by atoms with Crippen molar-refractivity contribution in [3.05, 3.63) is 60.2 Å². The highest BCUT2D eigenvalue weighted by molar-refractivity contribution is 7.89. The first kappa shape index (κ1) is 23.6. The lowest BCUT2D eigenvalue weighted by Crippen LogP contribution is -2.40. The fourth-order valence-electron chi connectivity index (χ4n) is 3.07. The van der Waals surface area contributed by atoms with Crippen LogP contribution >= 0.6 is 0 Å². The van der Waals surface area contributed by atoms with Crippen LogP contribution in [0.15, 0.2) is 59.5 Å². The van der Waals surface area contributed by atoms with Crippen LogP contribution < -0.4 is 4.90 Å². The second-order valence-electron chi connectivity index (χ2n) is 6.58. The molecule has 0 spiro atoms. The number of benzene rings is 2. The average molecular weight is 433 g/mol. The van der Waals surface area contributed by atoms with Gasteiger partial charge >= 0.3 is 5.97 Å². The summed E-state index contributed by atoms with van der Waals surface area (Å²) >= 11 is 0. The molecule has 0 aliphatic rings. The Bertz CT molecular complexity index is 972. The highest BCUT2D eigenvalue weighted by atomic mass is 32.2. The van der Waals surface area contributed by atoms with Crippen LogP contribution in [0.2, 0.25) is 0 Å². The van der Waals surface area contributed by atoms with Gasteiger partial charge in [0, 0.05) is 25.3 Å². The number of esters is 1. The van der Waals surface area contributed by atoms with E-state index in [1.807, 2.05) is 25.1 Å². The number of ether oxygens (including phenoxy) is 1. The lowest BCUT2D eigenvalue weighted by Gasteiger charge is -2.24. The average Bonchev–Trinajstić information content (AvgIpc) is 2.75. The molecule has 0 unspecified atom stereocenters. The summed E-state index contributed by atoms with van der Waals surface area (Å²) in [6.07, 6.45) is -1.03. The normalized spacial score (nSPS) is 12.4. The van der Waals surface area contributed by atoms with E-state index < -0.39 is 22.1 Å². The number of hydrogen-bond acceptors (Lipinski definition) is 5. The first-order valence-electron chi connectivity index (χ1n) is 9.93. The number of sulfonamides is 1. The van der Waals surface area contributed by atoms with E-state index >= 15 is 0 Å². The Hall–Kier alpha value is -2.71. The second kappa shape index (κ2) is 10.4. The highest BCUT2D eigenvalue weighted by Crippen LogP contribution is 2.19. The molecule has 30 heavy (non-hydrogen) atoms. The van der Waals surface area contributed by atoms with Crippen LogP contribution in [0.5, 0.6) is 0 Å². The molecular formula is C22H28N2O5S. The van der Waals surface area contributed by atoms with Crippen LogP contribution in [-0.4, -0.2) is 50.3 Å². The zero-order chi connectivity index (χ0) is 22.3. The number of rotatable bonds is 9. The van der Waals surface area contributed by atoms with Gasteiger partial charge in [0.1, 0.15) is 0 Å².